The van der Waals surface area contributed by atoms with Gasteiger partial charge in [-0.3, -0.25) is 9.59 Å². The van der Waals surface area contributed by atoms with Crippen molar-refractivity contribution >= 4 is 28.8 Å². The van der Waals surface area contributed by atoms with Crippen LogP contribution in [0.4, 0.5) is 5.69 Å². The number of nitrogens with one attached hydrogen (secondary N) is 3. The van der Waals surface area contributed by atoms with E-state index in [0.717, 1.165) is 52.4 Å². The molecule has 4 rings (SSSR count). The van der Waals surface area contributed by atoms with Crippen LogP contribution in [-0.2, 0) is 13.0 Å². The quantitative estimate of drug-likeness (QED) is 0.166. The average Bonchev–Trinajstić information content (AvgIpc) is 3.42. The molecular formula is C34H40N4O2S. The predicted octanol–water partition coefficient (Wildman–Crippen LogP) is 7.32. The molecule has 4 aromatic rings. The minimum Gasteiger partial charge on any atom is -0.347 e. The van der Waals surface area contributed by atoms with Crippen molar-refractivity contribution in [3.8, 4) is 10.6 Å². The first kappa shape index (κ1) is 30.2. The Morgan fingerprint density at radius 3 is 2.37 bits per heavy atom. The highest BCUT2D eigenvalue weighted by Crippen LogP contribution is 2.26. The highest BCUT2D eigenvalue weighted by Gasteiger charge is 2.14. The van der Waals surface area contributed by atoms with E-state index < -0.39 is 0 Å². The van der Waals surface area contributed by atoms with Crippen LogP contribution >= 0.6 is 11.3 Å². The van der Waals surface area contributed by atoms with Gasteiger partial charge in [0.2, 0.25) is 0 Å². The first-order valence-corrected chi connectivity index (χ1v) is 15.0. The molecule has 0 radical (unpaired) electrons. The SMILES string of the molecule is Cc1ccc(C(=O)NCc2cnc(-c3ccc(CCCCNC(C)(C)C)cc3)s2)cc1NC(=O)c1ccccc1C. The molecule has 214 valence electrons. The van der Waals surface area contributed by atoms with Crippen molar-refractivity contribution in [1.29, 1.82) is 0 Å². The molecule has 0 atom stereocenters. The van der Waals surface area contributed by atoms with Crippen LogP contribution in [0, 0.1) is 13.8 Å². The summed E-state index contributed by atoms with van der Waals surface area (Å²) in [7, 11) is 0. The van der Waals surface area contributed by atoms with Gasteiger partial charge in [0.15, 0.2) is 0 Å². The maximum atomic E-state index is 12.9. The highest BCUT2D eigenvalue weighted by atomic mass is 32.1. The number of amides is 2. The fourth-order valence-corrected chi connectivity index (χ4v) is 5.30. The Morgan fingerprint density at radius 2 is 1.63 bits per heavy atom. The summed E-state index contributed by atoms with van der Waals surface area (Å²) < 4.78 is 0. The van der Waals surface area contributed by atoms with Crippen LogP contribution in [-0.4, -0.2) is 28.9 Å². The fraction of sp³-hybridized carbons (Fsp3) is 0.324. The molecule has 0 fully saturated rings. The molecule has 0 aliphatic carbocycles. The monoisotopic (exact) mass is 568 g/mol. The lowest BCUT2D eigenvalue weighted by Gasteiger charge is -2.20. The minimum atomic E-state index is -0.201. The number of aryl methyl sites for hydroxylation is 3. The predicted molar refractivity (Wildman–Crippen MR) is 170 cm³/mol. The molecule has 0 saturated carbocycles. The first-order chi connectivity index (χ1) is 19.6. The molecule has 7 heteroatoms. The van der Waals surface area contributed by atoms with E-state index in [1.807, 2.05) is 44.3 Å². The van der Waals surface area contributed by atoms with Crippen LogP contribution < -0.4 is 16.0 Å². The molecule has 0 saturated heterocycles. The van der Waals surface area contributed by atoms with E-state index in [4.69, 9.17) is 0 Å². The van der Waals surface area contributed by atoms with Gasteiger partial charge in [-0.1, -0.05) is 48.5 Å². The second-order valence-corrected chi connectivity index (χ2v) is 12.6. The van der Waals surface area contributed by atoms with Crippen molar-refractivity contribution in [2.45, 2.75) is 66.0 Å². The van der Waals surface area contributed by atoms with Gasteiger partial charge in [0.1, 0.15) is 5.01 Å². The van der Waals surface area contributed by atoms with Crippen LogP contribution in [0.5, 0.6) is 0 Å². The Kier molecular flexibility index (Phi) is 10.1. The summed E-state index contributed by atoms with van der Waals surface area (Å²) in [5, 5.41) is 10.4. The molecule has 3 N–H and O–H groups in total. The number of aromatic nitrogens is 1. The molecule has 0 aliphatic heterocycles. The van der Waals surface area contributed by atoms with E-state index >= 15 is 0 Å². The van der Waals surface area contributed by atoms with E-state index in [1.54, 1.807) is 29.5 Å². The van der Waals surface area contributed by atoms with E-state index in [9.17, 15) is 9.59 Å². The van der Waals surface area contributed by atoms with Crippen molar-refractivity contribution in [1.82, 2.24) is 15.6 Å². The number of rotatable bonds is 11. The van der Waals surface area contributed by atoms with Gasteiger partial charge in [0.25, 0.3) is 11.8 Å². The fourth-order valence-electron chi connectivity index (χ4n) is 4.44. The van der Waals surface area contributed by atoms with Crippen molar-refractivity contribution in [2.24, 2.45) is 0 Å². The van der Waals surface area contributed by atoms with Gasteiger partial charge < -0.3 is 16.0 Å². The van der Waals surface area contributed by atoms with Gasteiger partial charge in [-0.2, -0.15) is 0 Å². The van der Waals surface area contributed by atoms with Crippen LogP contribution in [0.15, 0.2) is 72.9 Å². The summed E-state index contributed by atoms with van der Waals surface area (Å²) in [5.41, 5.74) is 6.10. The van der Waals surface area contributed by atoms with Gasteiger partial charge >= 0.3 is 0 Å². The topological polar surface area (TPSA) is 83.1 Å². The third-order valence-corrected chi connectivity index (χ3v) is 7.91. The maximum absolute atomic E-state index is 12.9. The Morgan fingerprint density at radius 1 is 0.878 bits per heavy atom. The lowest BCUT2D eigenvalue weighted by molar-refractivity contribution is 0.0950. The molecule has 6 nitrogen and oxygen atoms in total. The van der Waals surface area contributed by atoms with Crippen LogP contribution in [0.2, 0.25) is 0 Å². The number of thiazole rings is 1. The number of unbranched alkanes of at least 4 members (excludes halogenated alkanes) is 1. The van der Waals surface area contributed by atoms with Crippen LogP contribution in [0.25, 0.3) is 10.6 Å². The summed E-state index contributed by atoms with van der Waals surface area (Å²) >= 11 is 1.58. The molecule has 41 heavy (non-hydrogen) atoms. The average molecular weight is 569 g/mol. The molecule has 1 aromatic heterocycles. The Bertz CT molecular complexity index is 1490. The number of benzene rings is 3. The van der Waals surface area contributed by atoms with E-state index in [-0.39, 0.29) is 17.4 Å². The smallest absolute Gasteiger partial charge is 0.255 e. The zero-order valence-corrected chi connectivity index (χ0v) is 25.5. The summed E-state index contributed by atoms with van der Waals surface area (Å²) in [6, 6.07) is 21.4. The lowest BCUT2D eigenvalue weighted by atomic mass is 10.1. The molecular weight excluding hydrogens is 528 g/mol. The van der Waals surface area contributed by atoms with Crippen molar-refractivity contribution < 1.29 is 9.59 Å². The largest absolute Gasteiger partial charge is 0.347 e. The number of carbonyl (C=O) groups is 2. The van der Waals surface area contributed by atoms with Crippen molar-refractivity contribution in [3.05, 3.63) is 106 Å². The maximum Gasteiger partial charge on any atom is 0.255 e. The van der Waals surface area contributed by atoms with Crippen LogP contribution in [0.3, 0.4) is 0 Å². The summed E-state index contributed by atoms with van der Waals surface area (Å²) in [5.74, 6) is -0.393. The zero-order valence-electron chi connectivity index (χ0n) is 24.6. The third kappa shape index (κ3) is 8.84. The third-order valence-electron chi connectivity index (χ3n) is 6.86. The van der Waals surface area contributed by atoms with Crippen molar-refractivity contribution in [2.75, 3.05) is 11.9 Å². The Labute approximate surface area is 247 Å². The van der Waals surface area contributed by atoms with Gasteiger partial charge in [0, 0.05) is 39.0 Å². The summed E-state index contributed by atoms with van der Waals surface area (Å²) in [4.78, 5) is 31.3. The number of nitrogens with zero attached hydrogens (tertiary/aromatic N) is 1. The van der Waals surface area contributed by atoms with Crippen LogP contribution in [0.1, 0.15) is 75.9 Å². The minimum absolute atomic E-state index is 0.169. The number of anilines is 1. The van der Waals surface area contributed by atoms with Gasteiger partial charge in [0.05, 0.1) is 6.54 Å². The normalized spacial score (nSPS) is 11.3. The van der Waals surface area contributed by atoms with E-state index in [1.165, 1.54) is 5.56 Å². The van der Waals surface area contributed by atoms with E-state index in [0.29, 0.717) is 23.4 Å². The number of carbonyl (C=O) groups excluding carboxylic acids is 2. The molecule has 0 aliphatic rings. The van der Waals surface area contributed by atoms with Crippen molar-refractivity contribution in [3.63, 3.8) is 0 Å². The molecule has 3 aromatic carbocycles. The first-order valence-electron chi connectivity index (χ1n) is 14.1. The molecule has 0 bridgehead atoms. The second kappa shape index (κ2) is 13.7. The Balaban J connectivity index is 1.29. The molecule has 0 spiro atoms. The molecule has 0 unspecified atom stereocenters. The number of hydrogen-bond acceptors (Lipinski definition) is 5. The number of hydrogen-bond donors (Lipinski definition) is 3. The van der Waals surface area contributed by atoms with E-state index in [2.05, 4.69) is 66.0 Å². The summed E-state index contributed by atoms with van der Waals surface area (Å²) in [6.45, 7) is 11.8. The standard InChI is InChI=1S/C34H40N4O2S/c1-23-10-6-7-12-29(23)32(40)38-30-20-27(16-13-24(30)2)31(39)35-21-28-22-36-33(41-28)26-17-14-25(15-18-26)11-8-9-19-37-34(3,4)5/h6-7,10,12-18,20,22,37H,8-9,11,19,21H2,1-5H3,(H,35,39)(H,38,40). The summed E-state index contributed by atoms with van der Waals surface area (Å²) in [6.07, 6.45) is 5.20. The second-order valence-electron chi connectivity index (χ2n) is 11.4. The Hall–Kier alpha value is -3.81. The van der Waals surface area contributed by atoms with Gasteiger partial charge in [-0.25, -0.2) is 4.98 Å². The molecule has 2 amide bonds. The van der Waals surface area contributed by atoms with Gasteiger partial charge in [-0.05, 0) is 95.3 Å². The van der Waals surface area contributed by atoms with Gasteiger partial charge in [-0.15, -0.1) is 11.3 Å². The highest BCUT2D eigenvalue weighted by molar-refractivity contribution is 7.15. The zero-order chi connectivity index (χ0) is 29.4. The molecule has 1 heterocycles. The lowest BCUT2D eigenvalue weighted by Crippen LogP contribution is -2.36.